The normalized spacial score (nSPS) is 14.9. The SMILES string of the molecule is COc1cccc(C(C2CNC2)n2cc(NC(=O)c3nccnc3N)cn2)c1. The quantitative estimate of drug-likeness (QED) is 0.591. The van der Waals surface area contributed by atoms with Crippen molar-refractivity contribution in [3.63, 3.8) is 0 Å². The molecule has 4 N–H and O–H groups in total. The monoisotopic (exact) mass is 379 g/mol. The van der Waals surface area contributed by atoms with Crippen LogP contribution in [0.25, 0.3) is 0 Å². The summed E-state index contributed by atoms with van der Waals surface area (Å²) in [6.45, 7) is 1.80. The fraction of sp³-hybridized carbons (Fsp3) is 0.263. The van der Waals surface area contributed by atoms with E-state index in [1.807, 2.05) is 29.1 Å². The highest BCUT2D eigenvalue weighted by molar-refractivity contribution is 6.05. The van der Waals surface area contributed by atoms with E-state index in [0.717, 1.165) is 24.4 Å². The first-order valence-electron chi connectivity index (χ1n) is 8.92. The van der Waals surface area contributed by atoms with Gasteiger partial charge in [-0.15, -0.1) is 0 Å². The van der Waals surface area contributed by atoms with Gasteiger partial charge in [-0.1, -0.05) is 12.1 Å². The molecule has 1 aliphatic rings. The summed E-state index contributed by atoms with van der Waals surface area (Å²) in [7, 11) is 1.65. The van der Waals surface area contributed by atoms with Gasteiger partial charge in [-0.05, 0) is 17.7 Å². The molecule has 9 nitrogen and oxygen atoms in total. The second kappa shape index (κ2) is 7.65. The van der Waals surface area contributed by atoms with E-state index in [1.165, 1.54) is 12.4 Å². The van der Waals surface area contributed by atoms with Crippen molar-refractivity contribution < 1.29 is 9.53 Å². The van der Waals surface area contributed by atoms with Gasteiger partial charge in [-0.25, -0.2) is 9.97 Å². The zero-order valence-electron chi connectivity index (χ0n) is 15.4. The molecule has 9 heteroatoms. The van der Waals surface area contributed by atoms with Crippen molar-refractivity contribution in [2.75, 3.05) is 31.2 Å². The van der Waals surface area contributed by atoms with Gasteiger partial charge in [0.1, 0.15) is 5.75 Å². The van der Waals surface area contributed by atoms with Crippen LogP contribution in [0.4, 0.5) is 11.5 Å². The van der Waals surface area contributed by atoms with Gasteiger partial charge in [0, 0.05) is 37.6 Å². The average molecular weight is 379 g/mol. The van der Waals surface area contributed by atoms with Crippen LogP contribution in [-0.2, 0) is 0 Å². The molecule has 1 fully saturated rings. The van der Waals surface area contributed by atoms with Crippen molar-refractivity contribution in [2.24, 2.45) is 5.92 Å². The van der Waals surface area contributed by atoms with Crippen LogP contribution in [0, 0.1) is 5.92 Å². The van der Waals surface area contributed by atoms with E-state index in [0.29, 0.717) is 11.6 Å². The molecule has 3 heterocycles. The van der Waals surface area contributed by atoms with Gasteiger partial charge in [-0.3, -0.25) is 9.48 Å². The first-order chi connectivity index (χ1) is 13.7. The average Bonchev–Trinajstić information content (AvgIpc) is 3.12. The number of benzene rings is 1. The van der Waals surface area contributed by atoms with Crippen molar-refractivity contribution in [2.45, 2.75) is 6.04 Å². The van der Waals surface area contributed by atoms with Gasteiger partial charge in [0.05, 0.1) is 25.0 Å². The summed E-state index contributed by atoms with van der Waals surface area (Å²) in [5.74, 6) is 0.857. The van der Waals surface area contributed by atoms with Crippen molar-refractivity contribution >= 4 is 17.4 Å². The van der Waals surface area contributed by atoms with E-state index in [4.69, 9.17) is 10.5 Å². The fourth-order valence-corrected chi connectivity index (χ4v) is 3.27. The van der Waals surface area contributed by atoms with Crippen LogP contribution in [0.3, 0.4) is 0 Å². The van der Waals surface area contributed by atoms with Gasteiger partial charge in [-0.2, -0.15) is 5.10 Å². The van der Waals surface area contributed by atoms with Crippen LogP contribution in [-0.4, -0.2) is 45.9 Å². The number of carbonyl (C=O) groups is 1. The first kappa shape index (κ1) is 17.9. The lowest BCUT2D eigenvalue weighted by atomic mass is 9.88. The number of nitrogens with one attached hydrogen (secondary N) is 2. The zero-order valence-corrected chi connectivity index (χ0v) is 15.4. The number of nitrogens with two attached hydrogens (primary N) is 1. The molecule has 1 atom stereocenters. The standard InChI is InChI=1S/C19H21N7O2/c1-28-15-4-2-3-12(7-15)17(13-8-21-9-13)26-11-14(10-24-26)25-19(27)16-18(20)23-6-5-22-16/h2-7,10-11,13,17,21H,8-9H2,1H3,(H2,20,23)(H,25,27). The number of hydrogen-bond acceptors (Lipinski definition) is 7. The third-order valence-corrected chi connectivity index (χ3v) is 4.78. The van der Waals surface area contributed by atoms with Crippen LogP contribution >= 0.6 is 0 Å². The Morgan fingerprint density at radius 1 is 1.36 bits per heavy atom. The van der Waals surface area contributed by atoms with E-state index >= 15 is 0 Å². The van der Waals surface area contributed by atoms with E-state index in [9.17, 15) is 4.79 Å². The summed E-state index contributed by atoms with van der Waals surface area (Å²) < 4.78 is 7.23. The maximum atomic E-state index is 12.4. The van der Waals surface area contributed by atoms with Crippen LogP contribution in [0.1, 0.15) is 22.1 Å². The summed E-state index contributed by atoms with van der Waals surface area (Å²) in [6, 6.07) is 7.99. The summed E-state index contributed by atoms with van der Waals surface area (Å²) in [5, 5.41) is 10.6. The molecule has 0 bridgehead atoms. The third-order valence-electron chi connectivity index (χ3n) is 4.78. The van der Waals surface area contributed by atoms with E-state index < -0.39 is 5.91 Å². The number of methoxy groups -OCH3 is 1. The van der Waals surface area contributed by atoms with Crippen LogP contribution in [0.2, 0.25) is 0 Å². The smallest absolute Gasteiger partial charge is 0.278 e. The zero-order chi connectivity index (χ0) is 19.5. The van der Waals surface area contributed by atoms with Gasteiger partial charge in [0.2, 0.25) is 0 Å². The van der Waals surface area contributed by atoms with Crippen LogP contribution < -0.4 is 21.1 Å². The molecule has 1 amide bonds. The Hall–Kier alpha value is -3.46. The summed E-state index contributed by atoms with van der Waals surface area (Å²) in [4.78, 5) is 20.3. The summed E-state index contributed by atoms with van der Waals surface area (Å²) in [6.07, 6.45) is 6.29. The number of aromatic nitrogens is 4. The Balaban J connectivity index is 1.58. The molecular weight excluding hydrogens is 358 g/mol. The number of rotatable bonds is 6. The Morgan fingerprint density at radius 2 is 2.18 bits per heavy atom. The predicted molar refractivity (Wildman–Crippen MR) is 104 cm³/mol. The molecule has 3 aromatic rings. The maximum Gasteiger partial charge on any atom is 0.278 e. The highest BCUT2D eigenvalue weighted by Gasteiger charge is 2.31. The Bertz CT molecular complexity index is 984. The molecule has 0 saturated carbocycles. The van der Waals surface area contributed by atoms with Gasteiger partial charge < -0.3 is 21.1 Å². The van der Waals surface area contributed by atoms with Crippen molar-refractivity contribution in [1.29, 1.82) is 0 Å². The lowest BCUT2D eigenvalue weighted by Gasteiger charge is -2.35. The van der Waals surface area contributed by atoms with Crippen LogP contribution in [0.15, 0.2) is 49.1 Å². The van der Waals surface area contributed by atoms with Gasteiger partial charge >= 0.3 is 0 Å². The summed E-state index contributed by atoms with van der Waals surface area (Å²) in [5.41, 5.74) is 7.48. The predicted octanol–water partition coefficient (Wildman–Crippen LogP) is 1.32. The molecule has 0 aliphatic carbocycles. The van der Waals surface area contributed by atoms with Crippen molar-refractivity contribution in [3.05, 3.63) is 60.3 Å². The molecule has 0 radical (unpaired) electrons. The number of carbonyl (C=O) groups excluding carboxylic acids is 1. The minimum absolute atomic E-state index is 0.0311. The number of ether oxygens (including phenoxy) is 1. The van der Waals surface area contributed by atoms with Crippen molar-refractivity contribution in [3.8, 4) is 5.75 Å². The number of amides is 1. The minimum atomic E-state index is -0.423. The lowest BCUT2D eigenvalue weighted by Crippen LogP contribution is -2.47. The molecule has 1 aliphatic heterocycles. The molecule has 28 heavy (non-hydrogen) atoms. The van der Waals surface area contributed by atoms with E-state index in [-0.39, 0.29) is 17.6 Å². The number of hydrogen-bond donors (Lipinski definition) is 3. The largest absolute Gasteiger partial charge is 0.497 e. The Morgan fingerprint density at radius 3 is 2.89 bits per heavy atom. The highest BCUT2D eigenvalue weighted by Crippen LogP contribution is 2.31. The van der Waals surface area contributed by atoms with Gasteiger partial charge in [0.15, 0.2) is 11.5 Å². The van der Waals surface area contributed by atoms with E-state index in [2.05, 4.69) is 31.8 Å². The highest BCUT2D eigenvalue weighted by atomic mass is 16.5. The maximum absolute atomic E-state index is 12.4. The molecule has 1 aromatic carbocycles. The molecule has 1 unspecified atom stereocenters. The number of anilines is 2. The number of nitrogens with zero attached hydrogens (tertiary/aromatic N) is 4. The van der Waals surface area contributed by atoms with Crippen molar-refractivity contribution in [1.82, 2.24) is 25.1 Å². The summed E-state index contributed by atoms with van der Waals surface area (Å²) >= 11 is 0. The first-order valence-corrected chi connectivity index (χ1v) is 8.92. The number of nitrogen functional groups attached to an aromatic ring is 1. The molecule has 2 aromatic heterocycles. The molecular formula is C19H21N7O2. The van der Waals surface area contributed by atoms with Crippen LogP contribution in [0.5, 0.6) is 5.75 Å². The van der Waals surface area contributed by atoms with E-state index in [1.54, 1.807) is 13.3 Å². The Kier molecular flexibility index (Phi) is 4.90. The molecule has 1 saturated heterocycles. The fourth-order valence-electron chi connectivity index (χ4n) is 3.27. The van der Waals surface area contributed by atoms with Gasteiger partial charge in [0.25, 0.3) is 5.91 Å². The second-order valence-electron chi connectivity index (χ2n) is 6.59. The molecule has 4 rings (SSSR count). The second-order valence-corrected chi connectivity index (χ2v) is 6.59. The topological polar surface area (TPSA) is 120 Å². The Labute approximate surface area is 161 Å². The molecule has 0 spiro atoms. The minimum Gasteiger partial charge on any atom is -0.497 e. The lowest BCUT2D eigenvalue weighted by molar-refractivity contribution is 0.102. The molecule has 144 valence electrons. The third kappa shape index (κ3) is 3.52.